The van der Waals surface area contributed by atoms with Gasteiger partial charge in [0.2, 0.25) is 0 Å². The number of nitrogens with one attached hydrogen (secondary N) is 1. The van der Waals surface area contributed by atoms with Crippen LogP contribution in [-0.4, -0.2) is 60.2 Å². The Morgan fingerprint density at radius 2 is 2.07 bits per heavy atom. The maximum atomic E-state index is 5.40. The molecule has 0 saturated carbocycles. The fraction of sp³-hybridized carbons (Fsp3) is 0.474. The third kappa shape index (κ3) is 7.02. The molecular formula is C19H28IN5O2. The number of hydrogen-bond donors (Lipinski definition) is 1. The number of hydrogen-bond acceptors (Lipinski definition) is 5. The summed E-state index contributed by atoms with van der Waals surface area (Å²) in [6, 6.07) is 5.83. The Hall–Kier alpha value is -1.81. The van der Waals surface area contributed by atoms with Crippen LogP contribution in [0.5, 0.6) is 0 Å². The first-order valence-electron chi connectivity index (χ1n) is 9.02. The average Bonchev–Trinajstić information content (AvgIpc) is 3.32. The van der Waals surface area contributed by atoms with Crippen molar-refractivity contribution in [3.05, 3.63) is 54.3 Å². The fourth-order valence-electron chi connectivity index (χ4n) is 2.90. The molecule has 27 heavy (non-hydrogen) atoms. The van der Waals surface area contributed by atoms with Crippen LogP contribution in [0.25, 0.3) is 0 Å². The van der Waals surface area contributed by atoms with Crippen LogP contribution in [0, 0.1) is 0 Å². The van der Waals surface area contributed by atoms with E-state index in [9.17, 15) is 0 Å². The predicted octanol–water partition coefficient (Wildman–Crippen LogP) is 2.77. The van der Waals surface area contributed by atoms with Crippen LogP contribution in [-0.2, 0) is 13.0 Å². The standard InChI is InChI=1S/C19H27N5O2.HI/c1-16(2)14-21-19(20-7-5-18-4-3-12-25-18)24-10-8-23(9-11-24)15-17-6-13-26-22-17;/h3-4,6,12-13H,1,5,7-11,14-15H2,2H3,(H,20,21);1H. The van der Waals surface area contributed by atoms with Crippen molar-refractivity contribution in [1.29, 1.82) is 0 Å². The molecule has 8 heteroatoms. The zero-order valence-electron chi connectivity index (χ0n) is 15.8. The topological polar surface area (TPSA) is 70.0 Å². The first kappa shape index (κ1) is 21.5. The van der Waals surface area contributed by atoms with Crippen molar-refractivity contribution in [2.24, 2.45) is 4.99 Å². The lowest BCUT2D eigenvalue weighted by Gasteiger charge is -2.36. The van der Waals surface area contributed by atoms with Gasteiger partial charge in [0.25, 0.3) is 0 Å². The summed E-state index contributed by atoms with van der Waals surface area (Å²) in [5.74, 6) is 1.93. The predicted molar refractivity (Wildman–Crippen MR) is 116 cm³/mol. The van der Waals surface area contributed by atoms with E-state index in [1.807, 2.05) is 25.1 Å². The van der Waals surface area contributed by atoms with Crippen molar-refractivity contribution in [3.63, 3.8) is 0 Å². The molecule has 7 nitrogen and oxygen atoms in total. The number of furan rings is 1. The zero-order chi connectivity index (χ0) is 18.2. The number of nitrogens with zero attached hydrogens (tertiary/aromatic N) is 4. The van der Waals surface area contributed by atoms with Crippen molar-refractivity contribution in [3.8, 4) is 0 Å². The summed E-state index contributed by atoms with van der Waals surface area (Å²) in [6.07, 6.45) is 4.17. The molecule has 1 aliphatic heterocycles. The number of guanidine groups is 1. The number of piperazine rings is 1. The molecule has 0 amide bonds. The Kier molecular flexibility index (Phi) is 8.86. The van der Waals surface area contributed by atoms with Gasteiger partial charge in [0.05, 0.1) is 18.5 Å². The van der Waals surface area contributed by atoms with Crippen molar-refractivity contribution in [2.45, 2.75) is 19.9 Å². The zero-order valence-corrected chi connectivity index (χ0v) is 18.1. The Morgan fingerprint density at radius 1 is 1.26 bits per heavy atom. The van der Waals surface area contributed by atoms with Gasteiger partial charge >= 0.3 is 0 Å². The van der Waals surface area contributed by atoms with Gasteiger partial charge in [-0.05, 0) is 19.1 Å². The molecule has 0 unspecified atom stereocenters. The first-order chi connectivity index (χ1) is 12.7. The minimum absolute atomic E-state index is 0. The second-order valence-corrected chi connectivity index (χ2v) is 6.61. The van der Waals surface area contributed by atoms with Crippen LogP contribution in [0.1, 0.15) is 18.4 Å². The summed E-state index contributed by atoms with van der Waals surface area (Å²) < 4.78 is 10.3. The van der Waals surface area contributed by atoms with Crippen molar-refractivity contribution in [1.82, 2.24) is 20.3 Å². The minimum atomic E-state index is 0. The highest BCUT2D eigenvalue weighted by Gasteiger charge is 2.20. The fourth-order valence-corrected chi connectivity index (χ4v) is 2.90. The molecule has 148 valence electrons. The number of halogens is 1. The second-order valence-electron chi connectivity index (χ2n) is 6.61. The highest BCUT2D eigenvalue weighted by Crippen LogP contribution is 2.08. The smallest absolute Gasteiger partial charge is 0.194 e. The Balaban J connectivity index is 0.00000261. The lowest BCUT2D eigenvalue weighted by Crippen LogP contribution is -2.52. The molecule has 3 heterocycles. The number of aromatic nitrogens is 1. The third-order valence-corrected chi connectivity index (χ3v) is 4.28. The van der Waals surface area contributed by atoms with Gasteiger partial charge in [0.15, 0.2) is 5.96 Å². The number of aliphatic imine (C=N–C) groups is 1. The summed E-state index contributed by atoms with van der Waals surface area (Å²) in [5, 5.41) is 7.47. The molecule has 2 aromatic heterocycles. The first-order valence-corrected chi connectivity index (χ1v) is 9.02. The van der Waals surface area contributed by atoms with E-state index < -0.39 is 0 Å². The molecule has 2 aromatic rings. The molecule has 0 radical (unpaired) electrons. The molecule has 0 aliphatic carbocycles. The van der Waals surface area contributed by atoms with Crippen LogP contribution in [0.2, 0.25) is 0 Å². The summed E-state index contributed by atoms with van der Waals surface area (Å²) in [5.41, 5.74) is 2.03. The monoisotopic (exact) mass is 485 g/mol. The van der Waals surface area contributed by atoms with Crippen molar-refractivity contribution < 1.29 is 8.94 Å². The summed E-state index contributed by atoms with van der Waals surface area (Å²) >= 11 is 0. The van der Waals surface area contributed by atoms with Gasteiger partial charge in [-0.25, -0.2) is 4.99 Å². The molecule has 0 atom stereocenters. The van der Waals surface area contributed by atoms with Gasteiger partial charge in [-0.15, -0.1) is 24.0 Å². The molecule has 1 saturated heterocycles. The SMILES string of the molecule is C=C(C)CN=C(NCCc1ccco1)N1CCN(Cc2ccon2)CC1.I. The van der Waals surface area contributed by atoms with Crippen LogP contribution in [0.3, 0.4) is 0 Å². The molecule has 1 N–H and O–H groups in total. The normalized spacial score (nSPS) is 15.4. The maximum Gasteiger partial charge on any atom is 0.194 e. The van der Waals surface area contributed by atoms with E-state index in [1.54, 1.807) is 12.5 Å². The highest BCUT2D eigenvalue weighted by atomic mass is 127. The van der Waals surface area contributed by atoms with Crippen LogP contribution >= 0.6 is 24.0 Å². The van der Waals surface area contributed by atoms with Gasteiger partial charge in [-0.3, -0.25) is 4.90 Å². The van der Waals surface area contributed by atoms with E-state index >= 15 is 0 Å². The summed E-state index contributed by atoms with van der Waals surface area (Å²) in [7, 11) is 0. The van der Waals surface area contributed by atoms with E-state index in [1.165, 1.54) is 0 Å². The van der Waals surface area contributed by atoms with Crippen molar-refractivity contribution in [2.75, 3.05) is 39.3 Å². The van der Waals surface area contributed by atoms with E-state index in [4.69, 9.17) is 13.9 Å². The molecule has 1 aliphatic rings. The Morgan fingerprint density at radius 3 is 2.70 bits per heavy atom. The quantitative estimate of drug-likeness (QED) is 0.282. The molecule has 3 rings (SSSR count). The van der Waals surface area contributed by atoms with Gasteiger partial charge in [-0.1, -0.05) is 17.3 Å². The lowest BCUT2D eigenvalue weighted by molar-refractivity contribution is 0.169. The molecule has 0 spiro atoms. The van der Waals surface area contributed by atoms with Crippen LogP contribution < -0.4 is 5.32 Å². The summed E-state index contributed by atoms with van der Waals surface area (Å²) in [6.45, 7) is 12.0. The molecule has 1 fully saturated rings. The van der Waals surface area contributed by atoms with Crippen LogP contribution in [0.15, 0.2) is 56.8 Å². The van der Waals surface area contributed by atoms with Gasteiger partial charge in [-0.2, -0.15) is 0 Å². The van der Waals surface area contributed by atoms with Crippen molar-refractivity contribution >= 4 is 29.9 Å². The van der Waals surface area contributed by atoms with E-state index in [0.717, 1.165) is 68.7 Å². The second kappa shape index (κ2) is 11.1. The lowest BCUT2D eigenvalue weighted by atomic mass is 10.3. The Bertz CT molecular complexity index is 692. The van der Waals surface area contributed by atoms with Gasteiger partial charge in [0, 0.05) is 51.8 Å². The largest absolute Gasteiger partial charge is 0.469 e. The average molecular weight is 485 g/mol. The molecular weight excluding hydrogens is 457 g/mol. The maximum absolute atomic E-state index is 5.40. The molecule has 0 aromatic carbocycles. The third-order valence-electron chi connectivity index (χ3n) is 4.28. The van der Waals surface area contributed by atoms with Gasteiger partial charge in [0.1, 0.15) is 12.0 Å². The van der Waals surface area contributed by atoms with Crippen LogP contribution in [0.4, 0.5) is 0 Å². The highest BCUT2D eigenvalue weighted by molar-refractivity contribution is 14.0. The molecule has 0 bridgehead atoms. The van der Waals surface area contributed by atoms with E-state index in [0.29, 0.717) is 6.54 Å². The van der Waals surface area contributed by atoms with E-state index in [-0.39, 0.29) is 24.0 Å². The van der Waals surface area contributed by atoms with Gasteiger partial charge < -0.3 is 19.2 Å². The summed E-state index contributed by atoms with van der Waals surface area (Å²) in [4.78, 5) is 9.41. The Labute approximate surface area is 177 Å². The van der Waals surface area contributed by atoms with E-state index in [2.05, 4.69) is 26.9 Å². The number of rotatable bonds is 7. The minimum Gasteiger partial charge on any atom is -0.469 e.